The maximum Gasteiger partial charge on any atom is 0.134 e. The van der Waals surface area contributed by atoms with Gasteiger partial charge in [0, 0.05) is 5.92 Å². The van der Waals surface area contributed by atoms with Crippen molar-refractivity contribution in [3.8, 4) is 0 Å². The van der Waals surface area contributed by atoms with E-state index in [1.165, 1.54) is 27.9 Å². The highest BCUT2D eigenvalue weighted by atomic mass is 16.1. The second kappa shape index (κ2) is 5.63. The lowest BCUT2D eigenvalue weighted by atomic mass is 9.75. The van der Waals surface area contributed by atoms with E-state index in [1.54, 1.807) is 6.92 Å². The summed E-state index contributed by atoms with van der Waals surface area (Å²) in [6.45, 7) is 12.7. The summed E-state index contributed by atoms with van der Waals surface area (Å²) in [6, 6.07) is 10.5. The second-order valence-electron chi connectivity index (χ2n) is 6.93. The number of carbonyl (C=O) groups excluding carboxylic acids is 1. The standard InChI is InChI=1S/C20H26O/c1-13(2)19-17(12-18(15(4)21)20(19,5)6)14(3)16-10-8-7-9-11-16/h7-11,18H,12H2,1-6H3/b17-14+. The molecule has 112 valence electrons. The molecule has 1 unspecified atom stereocenters. The van der Waals surface area contributed by atoms with E-state index < -0.39 is 0 Å². The van der Waals surface area contributed by atoms with Crippen LogP contribution in [0.25, 0.3) is 5.57 Å². The van der Waals surface area contributed by atoms with Gasteiger partial charge in [0.2, 0.25) is 0 Å². The molecule has 0 spiro atoms. The number of ketones is 1. The molecule has 1 aromatic carbocycles. The number of rotatable bonds is 2. The van der Waals surface area contributed by atoms with Gasteiger partial charge in [-0.15, -0.1) is 0 Å². The first kappa shape index (κ1) is 15.8. The Hall–Kier alpha value is -1.63. The number of hydrogen-bond donors (Lipinski definition) is 0. The van der Waals surface area contributed by atoms with Gasteiger partial charge >= 0.3 is 0 Å². The number of Topliss-reactive ketones (excluding diaryl/α,β-unsaturated/α-hetero) is 1. The van der Waals surface area contributed by atoms with Gasteiger partial charge in [0.25, 0.3) is 0 Å². The first-order valence-corrected chi connectivity index (χ1v) is 7.70. The Bertz CT molecular complexity index is 610. The van der Waals surface area contributed by atoms with Gasteiger partial charge < -0.3 is 0 Å². The van der Waals surface area contributed by atoms with E-state index >= 15 is 0 Å². The third-order valence-corrected chi connectivity index (χ3v) is 4.88. The van der Waals surface area contributed by atoms with E-state index in [2.05, 4.69) is 58.9 Å². The van der Waals surface area contributed by atoms with Gasteiger partial charge in [0.15, 0.2) is 0 Å². The highest BCUT2D eigenvalue weighted by Crippen LogP contribution is 2.53. The van der Waals surface area contributed by atoms with Crippen LogP contribution in [0.2, 0.25) is 0 Å². The second-order valence-corrected chi connectivity index (χ2v) is 6.93. The topological polar surface area (TPSA) is 17.1 Å². The summed E-state index contributed by atoms with van der Waals surface area (Å²) in [7, 11) is 0. The van der Waals surface area contributed by atoms with Gasteiger partial charge in [-0.05, 0) is 61.8 Å². The van der Waals surface area contributed by atoms with E-state index in [1.807, 2.05) is 6.07 Å². The van der Waals surface area contributed by atoms with Gasteiger partial charge in [0.05, 0.1) is 0 Å². The van der Waals surface area contributed by atoms with Gasteiger partial charge in [-0.3, -0.25) is 4.79 Å². The fourth-order valence-corrected chi connectivity index (χ4v) is 3.93. The van der Waals surface area contributed by atoms with Gasteiger partial charge in [0.1, 0.15) is 5.78 Å². The molecule has 21 heavy (non-hydrogen) atoms. The fraction of sp³-hybridized carbons (Fsp3) is 0.450. The zero-order valence-corrected chi connectivity index (χ0v) is 14.1. The maximum absolute atomic E-state index is 12.1. The summed E-state index contributed by atoms with van der Waals surface area (Å²) in [4.78, 5) is 12.1. The molecule has 0 bridgehead atoms. The third-order valence-electron chi connectivity index (χ3n) is 4.88. The Kier molecular flexibility index (Phi) is 4.22. The number of allylic oxidation sites excluding steroid dienone is 4. The minimum Gasteiger partial charge on any atom is -0.300 e. The van der Waals surface area contributed by atoms with E-state index in [9.17, 15) is 4.79 Å². The van der Waals surface area contributed by atoms with Crippen molar-refractivity contribution in [3.63, 3.8) is 0 Å². The average molecular weight is 282 g/mol. The first-order chi connectivity index (χ1) is 9.76. The highest BCUT2D eigenvalue weighted by molar-refractivity contribution is 5.84. The number of benzene rings is 1. The monoisotopic (exact) mass is 282 g/mol. The van der Waals surface area contributed by atoms with Crippen molar-refractivity contribution < 1.29 is 4.79 Å². The van der Waals surface area contributed by atoms with Crippen LogP contribution in [0.1, 0.15) is 53.5 Å². The van der Waals surface area contributed by atoms with E-state index in [0.29, 0.717) is 5.78 Å². The number of hydrogen-bond acceptors (Lipinski definition) is 1. The van der Waals surface area contributed by atoms with Crippen molar-refractivity contribution in [1.82, 2.24) is 0 Å². The molecule has 1 nitrogen and oxygen atoms in total. The average Bonchev–Trinajstić information content (AvgIpc) is 2.70. The SMILES string of the molecule is CC(=O)C1C/C(=C(/C)c2ccccc2)C(=C(C)C)C1(C)C. The molecule has 1 aromatic rings. The predicted molar refractivity (Wildman–Crippen MR) is 90.0 cm³/mol. The van der Waals surface area contributed by atoms with E-state index in [4.69, 9.17) is 0 Å². The molecule has 0 saturated heterocycles. The largest absolute Gasteiger partial charge is 0.300 e. The first-order valence-electron chi connectivity index (χ1n) is 7.70. The molecular weight excluding hydrogens is 256 g/mol. The molecule has 1 aliphatic rings. The molecule has 0 aliphatic heterocycles. The lowest BCUT2D eigenvalue weighted by Gasteiger charge is -2.27. The lowest BCUT2D eigenvalue weighted by molar-refractivity contribution is -0.122. The van der Waals surface area contributed by atoms with Crippen LogP contribution in [-0.4, -0.2) is 5.78 Å². The third kappa shape index (κ3) is 2.74. The maximum atomic E-state index is 12.1. The Morgan fingerprint density at radius 1 is 1.05 bits per heavy atom. The van der Waals surface area contributed by atoms with Crippen molar-refractivity contribution >= 4 is 11.4 Å². The van der Waals surface area contributed by atoms with Crippen LogP contribution >= 0.6 is 0 Å². The van der Waals surface area contributed by atoms with Crippen molar-refractivity contribution in [1.29, 1.82) is 0 Å². The summed E-state index contributed by atoms with van der Waals surface area (Å²) in [6.07, 6.45) is 0.865. The van der Waals surface area contributed by atoms with Gasteiger partial charge in [-0.25, -0.2) is 0 Å². The molecular formula is C20H26O. The summed E-state index contributed by atoms with van der Waals surface area (Å²) in [5.41, 5.74) is 6.56. The summed E-state index contributed by atoms with van der Waals surface area (Å²) in [5.74, 6) is 0.394. The van der Waals surface area contributed by atoms with Crippen molar-refractivity contribution in [3.05, 3.63) is 52.6 Å². The summed E-state index contributed by atoms with van der Waals surface area (Å²) < 4.78 is 0. The number of carbonyl (C=O) groups is 1. The van der Waals surface area contributed by atoms with Crippen LogP contribution in [-0.2, 0) is 4.79 Å². The van der Waals surface area contributed by atoms with Crippen LogP contribution < -0.4 is 0 Å². The molecule has 1 heteroatoms. The zero-order chi connectivity index (χ0) is 15.8. The molecule has 0 aromatic heterocycles. The summed E-state index contributed by atoms with van der Waals surface area (Å²) in [5, 5.41) is 0. The van der Waals surface area contributed by atoms with Crippen LogP contribution in [0.4, 0.5) is 0 Å². The molecule has 0 radical (unpaired) electrons. The van der Waals surface area contributed by atoms with Crippen LogP contribution in [0.3, 0.4) is 0 Å². The normalized spacial score (nSPS) is 23.1. The van der Waals surface area contributed by atoms with Gasteiger partial charge in [-0.1, -0.05) is 49.8 Å². The minimum atomic E-state index is -0.0734. The minimum absolute atomic E-state index is 0.0734. The Morgan fingerprint density at radius 3 is 2.10 bits per heavy atom. The quantitative estimate of drug-likeness (QED) is 0.706. The molecule has 0 N–H and O–H groups in total. The summed E-state index contributed by atoms with van der Waals surface area (Å²) >= 11 is 0. The van der Waals surface area contributed by atoms with Crippen LogP contribution in [0.15, 0.2) is 47.1 Å². The lowest BCUT2D eigenvalue weighted by Crippen LogP contribution is -2.25. The molecule has 1 fully saturated rings. The smallest absolute Gasteiger partial charge is 0.134 e. The Labute approximate surface area is 128 Å². The molecule has 1 aliphatic carbocycles. The molecule has 0 amide bonds. The van der Waals surface area contributed by atoms with E-state index in [-0.39, 0.29) is 11.3 Å². The molecule has 2 rings (SSSR count). The van der Waals surface area contributed by atoms with Crippen molar-refractivity contribution in [2.75, 3.05) is 0 Å². The van der Waals surface area contributed by atoms with E-state index in [0.717, 1.165) is 6.42 Å². The fourth-order valence-electron chi connectivity index (χ4n) is 3.93. The molecule has 0 heterocycles. The highest BCUT2D eigenvalue weighted by Gasteiger charge is 2.45. The Morgan fingerprint density at radius 2 is 1.62 bits per heavy atom. The zero-order valence-electron chi connectivity index (χ0n) is 14.1. The van der Waals surface area contributed by atoms with Crippen molar-refractivity contribution in [2.24, 2.45) is 11.3 Å². The molecule has 1 atom stereocenters. The van der Waals surface area contributed by atoms with Crippen molar-refractivity contribution in [2.45, 2.75) is 48.0 Å². The van der Waals surface area contributed by atoms with Gasteiger partial charge in [-0.2, -0.15) is 0 Å². The van der Waals surface area contributed by atoms with Crippen LogP contribution in [0.5, 0.6) is 0 Å². The Balaban J connectivity index is 2.64. The van der Waals surface area contributed by atoms with Crippen LogP contribution in [0, 0.1) is 11.3 Å². The predicted octanol–water partition coefficient (Wildman–Crippen LogP) is 5.43. The molecule has 1 saturated carbocycles.